The maximum atomic E-state index is 13.6. The molecule has 0 saturated heterocycles. The van der Waals surface area contributed by atoms with Crippen molar-refractivity contribution in [1.82, 2.24) is 25.0 Å². The highest BCUT2D eigenvalue weighted by Crippen LogP contribution is 2.37. The number of methoxy groups -OCH3 is 1. The number of aromatic nitrogens is 5. The maximum absolute atomic E-state index is 13.6. The zero-order valence-electron chi connectivity index (χ0n) is 21.5. The smallest absolute Gasteiger partial charge is 0.280 e. The summed E-state index contributed by atoms with van der Waals surface area (Å²) < 4.78 is 34.3. The lowest BCUT2D eigenvalue weighted by Crippen LogP contribution is -2.18. The van der Waals surface area contributed by atoms with Gasteiger partial charge in [-0.2, -0.15) is 5.10 Å². The first-order chi connectivity index (χ1) is 18.8. The molecule has 0 atom stereocenters. The molecule has 1 N–H and O–H groups in total. The van der Waals surface area contributed by atoms with E-state index >= 15 is 0 Å². The van der Waals surface area contributed by atoms with Gasteiger partial charge in [0.05, 0.1) is 19.5 Å². The summed E-state index contributed by atoms with van der Waals surface area (Å²) in [5.74, 6) is 6.31. The minimum atomic E-state index is -2.79. The number of rotatable bonds is 8. The van der Waals surface area contributed by atoms with E-state index in [1.54, 1.807) is 29.1 Å². The lowest BCUT2D eigenvalue weighted by Gasteiger charge is -2.21. The van der Waals surface area contributed by atoms with Gasteiger partial charge in [0.2, 0.25) is 5.13 Å². The van der Waals surface area contributed by atoms with Crippen molar-refractivity contribution in [1.29, 1.82) is 0 Å². The van der Waals surface area contributed by atoms with Crippen LogP contribution < -0.4 is 15.0 Å². The molecule has 0 spiro atoms. The first-order valence-electron chi connectivity index (χ1n) is 12.1. The number of benzene rings is 1. The number of halogens is 2. The van der Waals surface area contributed by atoms with Gasteiger partial charge in [-0.1, -0.05) is 17.3 Å². The number of carbonyl (C=O) groups is 1. The van der Waals surface area contributed by atoms with E-state index in [2.05, 4.69) is 37.4 Å². The molecule has 39 heavy (non-hydrogen) atoms. The molecule has 0 unspecified atom stereocenters. The van der Waals surface area contributed by atoms with Crippen LogP contribution in [0.5, 0.6) is 5.75 Å². The molecule has 1 aromatic carbocycles. The number of nitrogens with zero attached hydrogens (tertiary/aromatic N) is 6. The molecule has 3 aromatic heterocycles. The second-order valence-corrected chi connectivity index (χ2v) is 10.1. The molecule has 0 bridgehead atoms. The van der Waals surface area contributed by atoms with Gasteiger partial charge in [0.25, 0.3) is 12.3 Å². The van der Waals surface area contributed by atoms with E-state index in [0.29, 0.717) is 33.7 Å². The zero-order chi connectivity index (χ0) is 27.5. The summed E-state index contributed by atoms with van der Waals surface area (Å²) in [7, 11) is 5.16. The van der Waals surface area contributed by atoms with Crippen LogP contribution in [-0.4, -0.2) is 45.0 Å². The van der Waals surface area contributed by atoms with Crippen LogP contribution in [0.4, 0.5) is 19.6 Å². The second-order valence-electron chi connectivity index (χ2n) is 9.13. The fourth-order valence-corrected chi connectivity index (χ4v) is 4.54. The van der Waals surface area contributed by atoms with Crippen LogP contribution in [0.25, 0.3) is 11.1 Å². The Balaban J connectivity index is 1.51. The van der Waals surface area contributed by atoms with E-state index in [9.17, 15) is 13.6 Å². The lowest BCUT2D eigenvalue weighted by atomic mass is 9.97. The molecule has 1 amide bonds. The number of carbonyl (C=O) groups excluding carboxylic acids is 1. The molecule has 0 radical (unpaired) electrons. The molecule has 1 fully saturated rings. The summed E-state index contributed by atoms with van der Waals surface area (Å²) >= 11 is 1.17. The highest BCUT2D eigenvalue weighted by molar-refractivity contribution is 7.15. The van der Waals surface area contributed by atoms with E-state index in [0.717, 1.165) is 24.1 Å². The first-order valence-corrected chi connectivity index (χ1v) is 12.9. The van der Waals surface area contributed by atoms with Crippen LogP contribution in [0.3, 0.4) is 0 Å². The number of pyridine rings is 1. The van der Waals surface area contributed by atoms with E-state index < -0.39 is 18.0 Å². The summed E-state index contributed by atoms with van der Waals surface area (Å²) in [5, 5.41) is 15.8. The van der Waals surface area contributed by atoms with Gasteiger partial charge in [0, 0.05) is 60.7 Å². The first kappa shape index (κ1) is 26.2. The zero-order valence-corrected chi connectivity index (χ0v) is 22.3. The van der Waals surface area contributed by atoms with Crippen molar-refractivity contribution >= 4 is 28.1 Å². The molecule has 1 saturated carbocycles. The van der Waals surface area contributed by atoms with Gasteiger partial charge in [0.1, 0.15) is 11.4 Å². The normalized spacial score (nSPS) is 12.7. The molecule has 0 aliphatic heterocycles. The number of ether oxygens (including phenoxy) is 1. The molecular formula is C27H25F2N7O2S. The summed E-state index contributed by atoms with van der Waals surface area (Å²) in [6.07, 6.45) is 4.31. The van der Waals surface area contributed by atoms with Crippen molar-refractivity contribution in [2.24, 2.45) is 13.0 Å². The van der Waals surface area contributed by atoms with Crippen molar-refractivity contribution in [2.45, 2.75) is 25.8 Å². The molecular weight excluding hydrogens is 524 g/mol. The standard InChI is InChI=1S/C27H25F2N7O2S/c1-35(14-17-12-31-36(2)15-17)18-7-8-19(20(10-18)21-11-22(25(28)29)30-13-23(21)38-3)26(37)32-27-34-33-24(39-27)9-6-16-4-5-16/h7-8,10-13,15-16,25H,4-5,14H2,1-3H3,(H,32,34,37). The lowest BCUT2D eigenvalue weighted by molar-refractivity contribution is 0.102. The van der Waals surface area contributed by atoms with Crippen molar-refractivity contribution < 1.29 is 18.3 Å². The number of hydrogen-bond acceptors (Lipinski definition) is 8. The number of alkyl halides is 2. The number of anilines is 2. The number of hydrogen-bond donors (Lipinski definition) is 1. The second kappa shape index (κ2) is 11.2. The van der Waals surface area contributed by atoms with Crippen LogP contribution in [0.1, 0.15) is 45.9 Å². The Kier molecular flexibility index (Phi) is 7.51. The Morgan fingerprint density at radius 1 is 1.26 bits per heavy atom. The van der Waals surface area contributed by atoms with Crippen LogP contribution in [0.15, 0.2) is 42.9 Å². The van der Waals surface area contributed by atoms with E-state index in [1.807, 2.05) is 25.2 Å². The van der Waals surface area contributed by atoms with Crippen LogP contribution >= 0.6 is 11.3 Å². The molecule has 200 valence electrons. The molecule has 12 heteroatoms. The fraction of sp³-hybridized carbons (Fsp3) is 0.296. The van der Waals surface area contributed by atoms with Crippen molar-refractivity contribution in [3.05, 3.63) is 64.7 Å². The predicted molar refractivity (Wildman–Crippen MR) is 144 cm³/mol. The minimum Gasteiger partial charge on any atom is -0.494 e. The van der Waals surface area contributed by atoms with Gasteiger partial charge >= 0.3 is 0 Å². The van der Waals surface area contributed by atoms with Gasteiger partial charge in [-0.15, -0.1) is 10.2 Å². The van der Waals surface area contributed by atoms with Gasteiger partial charge in [0.15, 0.2) is 5.01 Å². The summed E-state index contributed by atoms with van der Waals surface area (Å²) in [6, 6.07) is 6.46. The Morgan fingerprint density at radius 3 is 2.77 bits per heavy atom. The Morgan fingerprint density at radius 2 is 2.08 bits per heavy atom. The number of nitrogens with one attached hydrogen (secondary N) is 1. The van der Waals surface area contributed by atoms with Crippen LogP contribution in [0.2, 0.25) is 0 Å². The molecule has 5 rings (SSSR count). The van der Waals surface area contributed by atoms with Gasteiger partial charge in [-0.25, -0.2) is 8.78 Å². The Bertz CT molecular complexity index is 1570. The van der Waals surface area contributed by atoms with Gasteiger partial charge < -0.3 is 9.64 Å². The summed E-state index contributed by atoms with van der Waals surface area (Å²) in [5.41, 5.74) is 2.30. The minimum absolute atomic E-state index is 0.249. The monoisotopic (exact) mass is 549 g/mol. The van der Waals surface area contributed by atoms with Crippen LogP contribution in [-0.2, 0) is 13.6 Å². The topological polar surface area (TPSA) is 98.1 Å². The summed E-state index contributed by atoms with van der Waals surface area (Å²) in [4.78, 5) is 19.2. The van der Waals surface area contributed by atoms with Crippen LogP contribution in [0, 0.1) is 17.8 Å². The van der Waals surface area contributed by atoms with Gasteiger partial charge in [-0.3, -0.25) is 19.8 Å². The third-order valence-electron chi connectivity index (χ3n) is 6.09. The molecule has 9 nitrogen and oxygen atoms in total. The van der Waals surface area contributed by atoms with E-state index in [1.165, 1.54) is 30.7 Å². The predicted octanol–water partition coefficient (Wildman–Crippen LogP) is 4.93. The number of aryl methyl sites for hydroxylation is 1. The maximum Gasteiger partial charge on any atom is 0.280 e. The third-order valence-corrected chi connectivity index (χ3v) is 6.85. The molecule has 1 aliphatic rings. The fourth-order valence-electron chi connectivity index (χ4n) is 3.94. The average Bonchev–Trinajstić information content (AvgIpc) is 3.52. The van der Waals surface area contributed by atoms with Crippen molar-refractivity contribution in [2.75, 3.05) is 24.4 Å². The third kappa shape index (κ3) is 6.21. The van der Waals surface area contributed by atoms with Crippen molar-refractivity contribution in [3.8, 4) is 28.7 Å². The van der Waals surface area contributed by atoms with E-state index in [4.69, 9.17) is 4.74 Å². The highest BCUT2D eigenvalue weighted by atomic mass is 32.1. The molecule has 4 aromatic rings. The molecule has 1 aliphatic carbocycles. The van der Waals surface area contributed by atoms with Gasteiger partial charge in [-0.05, 0) is 43.0 Å². The number of amides is 1. The SMILES string of the molecule is COc1cnc(C(F)F)cc1-c1cc(N(C)Cc2cnn(C)c2)ccc1C(=O)Nc1nnc(C#CC2CC2)s1. The quantitative estimate of drug-likeness (QED) is 0.311. The largest absolute Gasteiger partial charge is 0.494 e. The van der Waals surface area contributed by atoms with E-state index in [-0.39, 0.29) is 11.3 Å². The summed E-state index contributed by atoms with van der Waals surface area (Å²) in [6.45, 7) is 0.546. The Labute approximate surface area is 227 Å². The Hall–Kier alpha value is -4.37. The van der Waals surface area contributed by atoms with Crippen molar-refractivity contribution in [3.63, 3.8) is 0 Å². The average molecular weight is 550 g/mol. The molecule has 3 heterocycles. The highest BCUT2D eigenvalue weighted by Gasteiger charge is 2.22.